The Kier molecular flexibility index (Phi) is 5.97. The summed E-state index contributed by atoms with van der Waals surface area (Å²) in [7, 11) is 0. The van der Waals surface area contributed by atoms with Crippen LogP contribution in [0, 0.1) is 18.6 Å². The van der Waals surface area contributed by atoms with Crippen molar-refractivity contribution in [3.8, 4) is 11.3 Å². The molecule has 0 radical (unpaired) electrons. The number of hydrogen-bond acceptors (Lipinski definition) is 6. The molecule has 3 aromatic heterocycles. The molecule has 0 saturated heterocycles. The van der Waals surface area contributed by atoms with E-state index in [-0.39, 0.29) is 12.1 Å². The first-order chi connectivity index (χ1) is 17.0. The number of aromatic nitrogens is 5. The fraction of sp³-hybridized carbons (Fsp3) is 0.115. The topological polar surface area (TPSA) is 85.6 Å². The second kappa shape index (κ2) is 9.38. The molecule has 174 valence electrons. The summed E-state index contributed by atoms with van der Waals surface area (Å²) >= 11 is 0. The predicted molar refractivity (Wildman–Crippen MR) is 129 cm³/mol. The Morgan fingerprint density at radius 2 is 1.69 bits per heavy atom. The van der Waals surface area contributed by atoms with Crippen LogP contribution < -0.4 is 10.9 Å². The van der Waals surface area contributed by atoms with Crippen LogP contribution in [0.3, 0.4) is 0 Å². The van der Waals surface area contributed by atoms with Crippen molar-refractivity contribution >= 4 is 16.7 Å². The largest absolute Gasteiger partial charge is 0.365 e. The lowest BCUT2D eigenvalue weighted by Gasteiger charge is -2.11. The third-order valence-electron chi connectivity index (χ3n) is 5.57. The highest BCUT2D eigenvalue weighted by molar-refractivity contribution is 5.87. The van der Waals surface area contributed by atoms with Crippen LogP contribution in [0.4, 0.5) is 14.6 Å². The zero-order valence-electron chi connectivity index (χ0n) is 18.7. The quantitative estimate of drug-likeness (QED) is 0.394. The minimum absolute atomic E-state index is 0.0523. The molecule has 9 heteroatoms. The summed E-state index contributed by atoms with van der Waals surface area (Å²) in [5.74, 6) is -1.50. The van der Waals surface area contributed by atoms with Crippen LogP contribution >= 0.6 is 0 Å². The number of pyridine rings is 1. The van der Waals surface area contributed by atoms with Gasteiger partial charge in [-0.3, -0.25) is 19.3 Å². The third kappa shape index (κ3) is 4.74. The molecule has 0 fully saturated rings. The van der Waals surface area contributed by atoms with E-state index in [9.17, 15) is 13.6 Å². The van der Waals surface area contributed by atoms with Gasteiger partial charge >= 0.3 is 0 Å². The molecule has 0 saturated carbocycles. The normalized spacial score (nSPS) is 11.1. The van der Waals surface area contributed by atoms with E-state index in [1.165, 1.54) is 17.0 Å². The lowest BCUT2D eigenvalue weighted by molar-refractivity contribution is 0.506. The van der Waals surface area contributed by atoms with Crippen molar-refractivity contribution in [2.45, 2.75) is 20.0 Å². The summed E-state index contributed by atoms with van der Waals surface area (Å²) in [5, 5.41) is 3.54. The zero-order valence-corrected chi connectivity index (χ0v) is 18.7. The van der Waals surface area contributed by atoms with E-state index in [0.717, 1.165) is 34.6 Å². The van der Waals surface area contributed by atoms with Crippen LogP contribution in [0.15, 0.2) is 78.2 Å². The Balaban J connectivity index is 1.38. The maximum absolute atomic E-state index is 13.6. The van der Waals surface area contributed by atoms with Gasteiger partial charge in [0.2, 0.25) is 0 Å². The molecule has 3 heterocycles. The Morgan fingerprint density at radius 3 is 2.43 bits per heavy atom. The van der Waals surface area contributed by atoms with Crippen LogP contribution in [-0.2, 0) is 13.1 Å². The minimum Gasteiger partial charge on any atom is -0.365 e. The lowest BCUT2D eigenvalue weighted by Crippen LogP contribution is -2.22. The molecule has 7 nitrogen and oxygen atoms in total. The SMILES string of the molecule is Cc1cnc(-c2ccc(CNc3nccc4ncn(Cc5ccc(F)c(F)c5)c(=O)c34)cc2)cn1. The van der Waals surface area contributed by atoms with E-state index in [4.69, 9.17) is 0 Å². The van der Waals surface area contributed by atoms with Gasteiger partial charge in [0.1, 0.15) is 11.2 Å². The number of nitrogens with zero attached hydrogens (tertiary/aromatic N) is 5. The molecular formula is C26H20F2N6O. The summed E-state index contributed by atoms with van der Waals surface area (Å²) in [6.07, 6.45) is 6.43. The van der Waals surface area contributed by atoms with E-state index in [1.807, 2.05) is 31.2 Å². The molecule has 0 bridgehead atoms. The van der Waals surface area contributed by atoms with Gasteiger partial charge in [0.05, 0.1) is 36.0 Å². The first-order valence-electron chi connectivity index (χ1n) is 10.9. The monoisotopic (exact) mass is 470 g/mol. The Hall–Kier alpha value is -4.53. The average molecular weight is 470 g/mol. The van der Waals surface area contributed by atoms with Gasteiger partial charge in [0.15, 0.2) is 11.6 Å². The number of nitrogens with one attached hydrogen (secondary N) is 1. The molecule has 0 aliphatic heterocycles. The van der Waals surface area contributed by atoms with Gasteiger partial charge in [0.25, 0.3) is 5.56 Å². The first kappa shape index (κ1) is 22.3. The van der Waals surface area contributed by atoms with Crippen molar-refractivity contribution in [1.29, 1.82) is 0 Å². The Morgan fingerprint density at radius 1 is 0.886 bits per heavy atom. The van der Waals surface area contributed by atoms with Crippen molar-refractivity contribution in [2.24, 2.45) is 0 Å². The molecule has 5 rings (SSSR count). The van der Waals surface area contributed by atoms with Gasteiger partial charge in [-0.15, -0.1) is 0 Å². The second-order valence-corrected chi connectivity index (χ2v) is 8.07. The van der Waals surface area contributed by atoms with Crippen LogP contribution in [0.25, 0.3) is 22.2 Å². The molecule has 2 aromatic carbocycles. The van der Waals surface area contributed by atoms with Crippen LogP contribution in [0.2, 0.25) is 0 Å². The summed E-state index contributed by atoms with van der Waals surface area (Å²) in [5.41, 5.74) is 4.19. The third-order valence-corrected chi connectivity index (χ3v) is 5.57. The standard InChI is InChI=1S/C26H20F2N6O/c1-16-11-31-23(13-30-16)19-5-2-17(3-6-19)12-32-25-24-22(8-9-29-25)33-15-34(26(24)35)14-18-4-7-20(27)21(28)10-18/h2-11,13,15H,12,14H2,1H3,(H,29,32). The molecular weight excluding hydrogens is 450 g/mol. The Labute approximate surface area is 199 Å². The number of anilines is 1. The van der Waals surface area contributed by atoms with E-state index in [1.54, 1.807) is 24.7 Å². The highest BCUT2D eigenvalue weighted by atomic mass is 19.2. The van der Waals surface area contributed by atoms with E-state index in [0.29, 0.717) is 28.8 Å². The molecule has 5 aromatic rings. The number of benzene rings is 2. The fourth-order valence-corrected chi connectivity index (χ4v) is 3.70. The molecule has 1 N–H and O–H groups in total. The molecule has 0 amide bonds. The Bertz CT molecular complexity index is 1570. The number of hydrogen-bond donors (Lipinski definition) is 1. The molecule has 0 unspecified atom stereocenters. The van der Waals surface area contributed by atoms with Gasteiger partial charge in [0, 0.05) is 24.5 Å². The smallest absolute Gasteiger partial charge is 0.265 e. The predicted octanol–water partition coefficient (Wildman–Crippen LogP) is 4.50. The van der Waals surface area contributed by atoms with E-state index < -0.39 is 11.6 Å². The van der Waals surface area contributed by atoms with Gasteiger partial charge in [-0.25, -0.2) is 18.7 Å². The molecule has 35 heavy (non-hydrogen) atoms. The summed E-state index contributed by atoms with van der Waals surface area (Å²) < 4.78 is 28.2. The molecule has 0 spiro atoms. The summed E-state index contributed by atoms with van der Waals surface area (Å²) in [4.78, 5) is 30.6. The van der Waals surface area contributed by atoms with E-state index in [2.05, 4.69) is 25.3 Å². The number of aryl methyl sites for hydroxylation is 1. The second-order valence-electron chi connectivity index (χ2n) is 8.07. The van der Waals surface area contributed by atoms with Crippen molar-refractivity contribution in [1.82, 2.24) is 24.5 Å². The first-order valence-corrected chi connectivity index (χ1v) is 10.9. The zero-order chi connectivity index (χ0) is 24.4. The van der Waals surface area contributed by atoms with Gasteiger partial charge in [-0.1, -0.05) is 30.3 Å². The van der Waals surface area contributed by atoms with Crippen LogP contribution in [-0.4, -0.2) is 24.5 Å². The van der Waals surface area contributed by atoms with Crippen molar-refractivity contribution in [3.63, 3.8) is 0 Å². The maximum Gasteiger partial charge on any atom is 0.265 e. The molecule has 0 aliphatic rings. The highest BCUT2D eigenvalue weighted by Gasteiger charge is 2.12. The van der Waals surface area contributed by atoms with Crippen LogP contribution in [0.5, 0.6) is 0 Å². The van der Waals surface area contributed by atoms with E-state index >= 15 is 0 Å². The van der Waals surface area contributed by atoms with Crippen LogP contribution in [0.1, 0.15) is 16.8 Å². The van der Waals surface area contributed by atoms with Crippen molar-refractivity contribution in [2.75, 3.05) is 5.32 Å². The van der Waals surface area contributed by atoms with Gasteiger partial charge in [-0.2, -0.15) is 0 Å². The fourth-order valence-electron chi connectivity index (χ4n) is 3.70. The van der Waals surface area contributed by atoms with Crippen molar-refractivity contribution in [3.05, 3.63) is 112 Å². The number of halogens is 2. The molecule has 0 aliphatic carbocycles. The highest BCUT2D eigenvalue weighted by Crippen LogP contribution is 2.19. The van der Waals surface area contributed by atoms with Gasteiger partial charge < -0.3 is 5.32 Å². The minimum atomic E-state index is -0.964. The average Bonchev–Trinajstić information content (AvgIpc) is 2.87. The number of fused-ring (bicyclic) bond motifs is 1. The van der Waals surface area contributed by atoms with Crippen molar-refractivity contribution < 1.29 is 8.78 Å². The number of rotatable bonds is 6. The molecule has 0 atom stereocenters. The summed E-state index contributed by atoms with van der Waals surface area (Å²) in [6.45, 7) is 2.37. The summed E-state index contributed by atoms with van der Waals surface area (Å²) in [6, 6.07) is 13.1. The maximum atomic E-state index is 13.6. The lowest BCUT2D eigenvalue weighted by atomic mass is 10.1. The van der Waals surface area contributed by atoms with Gasteiger partial charge in [-0.05, 0) is 36.2 Å².